The van der Waals surface area contributed by atoms with Crippen molar-refractivity contribution in [2.75, 3.05) is 5.32 Å². The third-order valence-corrected chi connectivity index (χ3v) is 3.85. The van der Waals surface area contributed by atoms with E-state index < -0.39 is 12.1 Å². The van der Waals surface area contributed by atoms with E-state index in [1.807, 2.05) is 18.2 Å². The number of carbonyl (C=O) groups is 2. The summed E-state index contributed by atoms with van der Waals surface area (Å²) in [6, 6.07) is 7.35. The average molecular weight is 314 g/mol. The van der Waals surface area contributed by atoms with Gasteiger partial charge >= 0.3 is 5.97 Å². The molecule has 0 saturated heterocycles. The number of benzene rings is 1. The number of aryl methyl sites for hydroxylation is 3. The lowest BCUT2D eigenvalue weighted by molar-refractivity contribution is -0.123. The van der Waals surface area contributed by atoms with Crippen molar-refractivity contribution in [3.8, 4) is 0 Å². The molecule has 1 aromatic heterocycles. The minimum Gasteiger partial charge on any atom is -0.447 e. The van der Waals surface area contributed by atoms with Crippen LogP contribution in [-0.4, -0.2) is 23.1 Å². The van der Waals surface area contributed by atoms with Crippen LogP contribution in [-0.2, 0) is 22.4 Å². The highest BCUT2D eigenvalue weighted by atomic mass is 16.6. The Morgan fingerprint density at radius 3 is 2.78 bits per heavy atom. The lowest BCUT2D eigenvalue weighted by atomic mass is 10.1. The maximum absolute atomic E-state index is 12.2. The molecule has 0 bridgehead atoms. The first-order chi connectivity index (χ1) is 11.0. The fraction of sp³-hybridized carbons (Fsp3) is 0.353. The molecule has 1 aliphatic rings. The van der Waals surface area contributed by atoms with Crippen LogP contribution in [0.5, 0.6) is 0 Å². The van der Waals surface area contributed by atoms with Crippen molar-refractivity contribution in [3.05, 3.63) is 46.8 Å². The van der Waals surface area contributed by atoms with Gasteiger partial charge in [0.05, 0.1) is 5.69 Å². The first-order valence-electron chi connectivity index (χ1n) is 7.60. The molecule has 23 heavy (non-hydrogen) atoms. The van der Waals surface area contributed by atoms with Crippen LogP contribution in [0.4, 0.5) is 5.69 Å². The van der Waals surface area contributed by atoms with Crippen molar-refractivity contribution < 1.29 is 18.8 Å². The van der Waals surface area contributed by atoms with Crippen molar-refractivity contribution in [2.24, 2.45) is 0 Å². The number of rotatable bonds is 4. The van der Waals surface area contributed by atoms with Crippen LogP contribution in [0.2, 0.25) is 0 Å². The molecule has 0 spiro atoms. The molecule has 1 N–H and O–H groups in total. The van der Waals surface area contributed by atoms with Gasteiger partial charge in [-0.25, -0.2) is 4.79 Å². The Balaban J connectivity index is 1.60. The number of hydrogen-bond acceptors (Lipinski definition) is 5. The molecule has 0 saturated carbocycles. The Morgan fingerprint density at radius 2 is 2.04 bits per heavy atom. The highest BCUT2D eigenvalue weighted by Crippen LogP contribution is 2.25. The zero-order valence-corrected chi connectivity index (χ0v) is 13.1. The van der Waals surface area contributed by atoms with Crippen molar-refractivity contribution in [2.45, 2.75) is 39.2 Å². The normalized spacial score (nSPS) is 14.2. The van der Waals surface area contributed by atoms with E-state index >= 15 is 0 Å². The lowest BCUT2D eigenvalue weighted by Crippen LogP contribution is -2.29. The van der Waals surface area contributed by atoms with Gasteiger partial charge in [0.1, 0.15) is 0 Å². The van der Waals surface area contributed by atoms with E-state index in [2.05, 4.69) is 10.5 Å². The van der Waals surface area contributed by atoms with Gasteiger partial charge < -0.3 is 14.6 Å². The molecular formula is C17H18N2O4. The number of carbonyl (C=O) groups excluding carboxylic acids is 2. The number of fused-ring (bicyclic) bond motifs is 1. The Kier molecular flexibility index (Phi) is 4.14. The molecule has 0 radical (unpaired) electrons. The highest BCUT2D eigenvalue weighted by molar-refractivity contribution is 5.96. The topological polar surface area (TPSA) is 81.4 Å². The first-order valence-corrected chi connectivity index (χ1v) is 7.60. The first kappa shape index (κ1) is 15.3. The van der Waals surface area contributed by atoms with Gasteiger partial charge in [-0.3, -0.25) is 4.79 Å². The number of esters is 1. The molecule has 3 rings (SSSR count). The molecule has 6 nitrogen and oxygen atoms in total. The number of hydrogen-bond donors (Lipinski definition) is 1. The zero-order chi connectivity index (χ0) is 16.4. The predicted octanol–water partition coefficient (Wildman–Crippen LogP) is 2.66. The Bertz CT molecular complexity index is 751. The summed E-state index contributed by atoms with van der Waals surface area (Å²) in [6.07, 6.45) is 2.35. The molecule has 0 unspecified atom stereocenters. The summed E-state index contributed by atoms with van der Waals surface area (Å²) in [7, 11) is 0. The Labute approximate surface area is 133 Å². The van der Waals surface area contributed by atoms with Crippen molar-refractivity contribution in [3.63, 3.8) is 0 Å². The van der Waals surface area contributed by atoms with Crippen LogP contribution in [0.1, 0.15) is 40.7 Å². The second-order valence-corrected chi connectivity index (χ2v) is 5.71. The molecule has 0 aliphatic heterocycles. The van der Waals surface area contributed by atoms with Crippen molar-refractivity contribution in [1.29, 1.82) is 0 Å². The van der Waals surface area contributed by atoms with Crippen LogP contribution >= 0.6 is 0 Å². The third-order valence-electron chi connectivity index (χ3n) is 3.85. The zero-order valence-electron chi connectivity index (χ0n) is 13.1. The molecule has 120 valence electrons. The van der Waals surface area contributed by atoms with Crippen LogP contribution in [0, 0.1) is 6.92 Å². The summed E-state index contributed by atoms with van der Waals surface area (Å²) in [6.45, 7) is 3.22. The van der Waals surface area contributed by atoms with Crippen molar-refractivity contribution in [1.82, 2.24) is 5.16 Å². The van der Waals surface area contributed by atoms with Gasteiger partial charge in [-0.1, -0.05) is 11.2 Å². The number of aromatic nitrogens is 1. The summed E-state index contributed by atoms with van der Waals surface area (Å²) in [5.41, 5.74) is 3.90. The van der Waals surface area contributed by atoms with E-state index in [0.29, 0.717) is 11.4 Å². The summed E-state index contributed by atoms with van der Waals surface area (Å²) in [5.74, 6) is -1.10. The van der Waals surface area contributed by atoms with Gasteiger partial charge in [0, 0.05) is 11.8 Å². The van der Waals surface area contributed by atoms with Gasteiger partial charge in [0.25, 0.3) is 5.91 Å². The van der Waals surface area contributed by atoms with Gasteiger partial charge in [-0.2, -0.15) is 0 Å². The number of amides is 1. The van der Waals surface area contributed by atoms with E-state index in [4.69, 9.17) is 9.26 Å². The van der Waals surface area contributed by atoms with E-state index in [1.165, 1.54) is 24.1 Å². The second-order valence-electron chi connectivity index (χ2n) is 5.71. The molecular weight excluding hydrogens is 296 g/mol. The maximum atomic E-state index is 12.2. The molecule has 1 aromatic carbocycles. The van der Waals surface area contributed by atoms with Gasteiger partial charge in [0.2, 0.25) is 5.76 Å². The van der Waals surface area contributed by atoms with Gasteiger partial charge in [-0.15, -0.1) is 0 Å². The SMILES string of the molecule is Cc1cc(C(=O)O[C@@H](C)C(=O)Nc2ccc3c(c2)CCC3)on1. The van der Waals surface area contributed by atoms with E-state index in [1.54, 1.807) is 6.92 Å². The molecule has 1 amide bonds. The fourth-order valence-electron chi connectivity index (χ4n) is 2.63. The maximum Gasteiger partial charge on any atom is 0.377 e. The molecule has 6 heteroatoms. The summed E-state index contributed by atoms with van der Waals surface area (Å²) in [5, 5.41) is 6.39. The largest absolute Gasteiger partial charge is 0.447 e. The molecule has 1 aliphatic carbocycles. The minimum atomic E-state index is -0.929. The lowest BCUT2D eigenvalue weighted by Gasteiger charge is -2.13. The van der Waals surface area contributed by atoms with E-state index in [-0.39, 0.29) is 11.7 Å². The monoisotopic (exact) mass is 314 g/mol. The third kappa shape index (κ3) is 3.41. The smallest absolute Gasteiger partial charge is 0.377 e. The van der Waals surface area contributed by atoms with E-state index in [0.717, 1.165) is 19.3 Å². The minimum absolute atomic E-state index is 0.0142. The summed E-state index contributed by atoms with van der Waals surface area (Å²) in [4.78, 5) is 24.0. The summed E-state index contributed by atoms with van der Waals surface area (Å²) < 4.78 is 9.91. The molecule has 1 heterocycles. The average Bonchev–Trinajstić information content (AvgIpc) is 3.15. The summed E-state index contributed by atoms with van der Waals surface area (Å²) >= 11 is 0. The second kappa shape index (κ2) is 6.24. The Hall–Kier alpha value is -2.63. The number of anilines is 1. The van der Waals surface area contributed by atoms with Crippen LogP contribution in [0.15, 0.2) is 28.8 Å². The van der Waals surface area contributed by atoms with Gasteiger partial charge in [0.15, 0.2) is 6.10 Å². The van der Waals surface area contributed by atoms with Gasteiger partial charge in [-0.05, 0) is 56.4 Å². The quantitative estimate of drug-likeness (QED) is 0.877. The standard InChI is InChI=1S/C17H18N2O4/c1-10-8-15(23-19-10)17(21)22-11(2)16(20)18-14-7-6-12-4-3-5-13(12)9-14/h6-9,11H,3-5H2,1-2H3,(H,18,20)/t11-/m0/s1. The van der Waals surface area contributed by atoms with E-state index in [9.17, 15) is 9.59 Å². The molecule has 2 aromatic rings. The predicted molar refractivity (Wildman–Crippen MR) is 83.2 cm³/mol. The number of nitrogens with one attached hydrogen (secondary N) is 1. The van der Waals surface area contributed by atoms with Crippen molar-refractivity contribution >= 4 is 17.6 Å². The number of nitrogens with zero attached hydrogens (tertiary/aromatic N) is 1. The molecule has 1 atom stereocenters. The van der Waals surface area contributed by atoms with Crippen LogP contribution in [0.25, 0.3) is 0 Å². The Morgan fingerprint density at radius 1 is 1.26 bits per heavy atom. The number of ether oxygens (including phenoxy) is 1. The van der Waals surface area contributed by atoms with Crippen LogP contribution < -0.4 is 5.32 Å². The molecule has 0 fully saturated rings. The fourth-order valence-corrected chi connectivity index (χ4v) is 2.63. The van der Waals surface area contributed by atoms with Crippen LogP contribution in [0.3, 0.4) is 0 Å². The highest BCUT2D eigenvalue weighted by Gasteiger charge is 2.22.